The Kier molecular flexibility index (Phi) is 9.43. The molecule has 0 aromatic heterocycles. The van der Waals surface area contributed by atoms with Gasteiger partial charge in [0.05, 0.1) is 23.8 Å². The molecule has 0 N–H and O–H groups in total. The highest BCUT2D eigenvalue weighted by Crippen LogP contribution is 2.37. The van der Waals surface area contributed by atoms with Crippen LogP contribution in [0.1, 0.15) is 58.3 Å². The summed E-state index contributed by atoms with van der Waals surface area (Å²) in [6, 6.07) is 3.02. The van der Waals surface area contributed by atoms with Crippen molar-refractivity contribution in [2.24, 2.45) is 0 Å². The van der Waals surface area contributed by atoms with Gasteiger partial charge in [-0.3, -0.25) is 4.79 Å². The van der Waals surface area contributed by atoms with Crippen molar-refractivity contribution in [2.75, 3.05) is 19.8 Å². The van der Waals surface area contributed by atoms with Crippen LogP contribution in [0.2, 0.25) is 5.02 Å². The number of ether oxygens (including phenoxy) is 3. The zero-order valence-corrected chi connectivity index (χ0v) is 17.8. The number of rotatable bonds is 10. The second-order valence-corrected chi connectivity index (χ2v) is 7.04. The number of benzene rings is 1. The van der Waals surface area contributed by atoms with Crippen molar-refractivity contribution in [1.82, 2.24) is 4.90 Å². The summed E-state index contributed by atoms with van der Waals surface area (Å²) >= 11 is 6.26. The van der Waals surface area contributed by atoms with Crippen LogP contribution in [0.25, 0.3) is 0 Å². The molecule has 0 bridgehead atoms. The van der Waals surface area contributed by atoms with Gasteiger partial charge in [-0.2, -0.15) is 0 Å². The Morgan fingerprint density at radius 1 is 1.07 bits per heavy atom. The fourth-order valence-corrected chi connectivity index (χ4v) is 3.02. The topological polar surface area (TPSA) is 65.1 Å². The highest BCUT2D eigenvalue weighted by molar-refractivity contribution is 6.32. The number of halogens is 1. The van der Waals surface area contributed by atoms with Crippen molar-refractivity contribution in [2.45, 2.75) is 60.0 Å². The predicted octanol–water partition coefficient (Wildman–Crippen LogP) is 4.33. The Morgan fingerprint density at radius 2 is 1.70 bits per heavy atom. The lowest BCUT2D eigenvalue weighted by molar-refractivity contribution is -0.138. The van der Waals surface area contributed by atoms with E-state index in [-0.39, 0.29) is 35.2 Å². The van der Waals surface area contributed by atoms with Crippen molar-refractivity contribution >= 4 is 23.5 Å². The third-order valence-electron chi connectivity index (χ3n) is 3.72. The first-order valence-electron chi connectivity index (χ1n) is 9.30. The average molecular weight is 400 g/mol. The molecule has 0 saturated carbocycles. The second-order valence-electron chi connectivity index (χ2n) is 6.63. The van der Waals surface area contributed by atoms with E-state index in [9.17, 15) is 9.59 Å². The molecule has 1 aromatic carbocycles. The van der Waals surface area contributed by atoms with Gasteiger partial charge in [-0.1, -0.05) is 18.5 Å². The number of nitrogens with zero attached hydrogens (tertiary/aromatic N) is 1. The first-order valence-corrected chi connectivity index (χ1v) is 9.68. The van der Waals surface area contributed by atoms with Gasteiger partial charge in [0.25, 0.3) is 5.91 Å². The van der Waals surface area contributed by atoms with Gasteiger partial charge in [-0.05, 0) is 53.2 Å². The Bertz CT molecular complexity index is 638. The molecule has 1 amide bonds. The van der Waals surface area contributed by atoms with E-state index < -0.39 is 5.97 Å². The minimum atomic E-state index is -0.638. The minimum Gasteiger partial charge on any atom is -0.490 e. The van der Waals surface area contributed by atoms with Crippen molar-refractivity contribution in [1.29, 1.82) is 0 Å². The standard InChI is InChI=1S/C20H30ClNO5/c1-7-9-26-19-16(21)10-15(11-17(19)25-8-2)20(24)27-12-18(23)22(13(3)4)14(5)6/h10-11,13-14H,7-9,12H2,1-6H3. The summed E-state index contributed by atoms with van der Waals surface area (Å²) in [5.74, 6) is -0.102. The van der Waals surface area contributed by atoms with E-state index in [1.807, 2.05) is 41.5 Å². The number of carbonyl (C=O) groups excluding carboxylic acids is 2. The lowest BCUT2D eigenvalue weighted by atomic mass is 10.2. The van der Waals surface area contributed by atoms with Crippen molar-refractivity contribution in [3.63, 3.8) is 0 Å². The van der Waals surface area contributed by atoms with Gasteiger partial charge in [0, 0.05) is 12.1 Å². The SMILES string of the molecule is CCCOc1c(Cl)cc(C(=O)OCC(=O)N(C(C)C)C(C)C)cc1OCC. The summed E-state index contributed by atoms with van der Waals surface area (Å²) in [6.07, 6.45) is 0.815. The van der Waals surface area contributed by atoms with Gasteiger partial charge in [0.2, 0.25) is 0 Å². The third kappa shape index (κ3) is 6.61. The Hall–Kier alpha value is -1.95. The summed E-state index contributed by atoms with van der Waals surface area (Å²) in [6.45, 7) is 12.0. The predicted molar refractivity (Wildman–Crippen MR) is 106 cm³/mol. The van der Waals surface area contributed by atoms with Gasteiger partial charge in [-0.25, -0.2) is 4.79 Å². The van der Waals surface area contributed by atoms with E-state index in [1.165, 1.54) is 12.1 Å². The van der Waals surface area contributed by atoms with Crippen molar-refractivity contribution in [3.8, 4) is 11.5 Å². The van der Waals surface area contributed by atoms with E-state index in [2.05, 4.69) is 0 Å². The molecule has 0 spiro atoms. The van der Waals surface area contributed by atoms with Gasteiger partial charge < -0.3 is 19.1 Å². The van der Waals surface area contributed by atoms with E-state index in [0.29, 0.717) is 24.7 Å². The Morgan fingerprint density at radius 3 is 2.22 bits per heavy atom. The molecule has 0 aliphatic heterocycles. The molecule has 0 unspecified atom stereocenters. The van der Waals surface area contributed by atoms with Crippen LogP contribution in [0, 0.1) is 0 Å². The molecule has 1 aromatic rings. The van der Waals surface area contributed by atoms with Crippen LogP contribution >= 0.6 is 11.6 Å². The van der Waals surface area contributed by atoms with Crippen LogP contribution in [0.4, 0.5) is 0 Å². The molecule has 7 heteroatoms. The largest absolute Gasteiger partial charge is 0.490 e. The minimum absolute atomic E-state index is 0.0187. The highest BCUT2D eigenvalue weighted by atomic mass is 35.5. The number of amides is 1. The molecule has 6 nitrogen and oxygen atoms in total. The number of hydrogen-bond acceptors (Lipinski definition) is 5. The monoisotopic (exact) mass is 399 g/mol. The van der Waals surface area contributed by atoms with E-state index in [0.717, 1.165) is 6.42 Å². The summed E-state index contributed by atoms with van der Waals surface area (Å²) in [5, 5.41) is 0.263. The van der Waals surface area contributed by atoms with Gasteiger partial charge in [0.1, 0.15) is 0 Å². The summed E-state index contributed by atoms with van der Waals surface area (Å²) in [4.78, 5) is 26.4. The quantitative estimate of drug-likeness (QED) is 0.548. The molecule has 0 saturated heterocycles. The first kappa shape index (κ1) is 23.1. The smallest absolute Gasteiger partial charge is 0.338 e. The second kappa shape index (κ2) is 11.0. The fourth-order valence-electron chi connectivity index (χ4n) is 2.75. The van der Waals surface area contributed by atoms with Crippen LogP contribution in [0.5, 0.6) is 11.5 Å². The maximum absolute atomic E-state index is 12.4. The molecule has 1 rings (SSSR count). The van der Waals surface area contributed by atoms with Crippen LogP contribution in [-0.4, -0.2) is 48.7 Å². The number of hydrogen-bond donors (Lipinski definition) is 0. The molecule has 0 fully saturated rings. The maximum Gasteiger partial charge on any atom is 0.338 e. The van der Waals surface area contributed by atoms with Gasteiger partial charge in [-0.15, -0.1) is 0 Å². The molecule has 0 aliphatic carbocycles. The highest BCUT2D eigenvalue weighted by Gasteiger charge is 2.23. The normalized spacial score (nSPS) is 10.9. The molecule has 0 heterocycles. The van der Waals surface area contributed by atoms with E-state index >= 15 is 0 Å². The molecular formula is C20H30ClNO5. The lowest BCUT2D eigenvalue weighted by Crippen LogP contribution is -2.44. The molecule has 0 aliphatic rings. The van der Waals surface area contributed by atoms with Crippen LogP contribution in [0.3, 0.4) is 0 Å². The van der Waals surface area contributed by atoms with Crippen LogP contribution < -0.4 is 9.47 Å². The zero-order chi connectivity index (χ0) is 20.6. The van der Waals surface area contributed by atoms with Gasteiger partial charge >= 0.3 is 5.97 Å². The molecule has 152 valence electrons. The third-order valence-corrected chi connectivity index (χ3v) is 4.00. The molecule has 0 atom stereocenters. The molecule has 0 radical (unpaired) electrons. The number of carbonyl (C=O) groups is 2. The molecular weight excluding hydrogens is 370 g/mol. The first-order chi connectivity index (χ1) is 12.7. The van der Waals surface area contributed by atoms with Crippen LogP contribution in [0.15, 0.2) is 12.1 Å². The van der Waals surface area contributed by atoms with E-state index in [1.54, 1.807) is 4.90 Å². The maximum atomic E-state index is 12.4. The zero-order valence-electron chi connectivity index (χ0n) is 17.0. The summed E-state index contributed by atoms with van der Waals surface area (Å²) in [7, 11) is 0. The fraction of sp³-hybridized carbons (Fsp3) is 0.600. The van der Waals surface area contributed by atoms with Crippen molar-refractivity contribution < 1.29 is 23.8 Å². The Balaban J connectivity index is 2.92. The Labute approximate surface area is 166 Å². The summed E-state index contributed by atoms with van der Waals surface area (Å²) in [5.41, 5.74) is 0.209. The van der Waals surface area contributed by atoms with Crippen LogP contribution in [-0.2, 0) is 9.53 Å². The summed E-state index contributed by atoms with van der Waals surface area (Å²) < 4.78 is 16.4. The van der Waals surface area contributed by atoms with E-state index in [4.69, 9.17) is 25.8 Å². The molecule has 27 heavy (non-hydrogen) atoms. The van der Waals surface area contributed by atoms with Crippen molar-refractivity contribution in [3.05, 3.63) is 22.7 Å². The number of esters is 1. The lowest BCUT2D eigenvalue weighted by Gasteiger charge is -2.30. The van der Waals surface area contributed by atoms with Gasteiger partial charge in [0.15, 0.2) is 18.1 Å². The average Bonchev–Trinajstić information content (AvgIpc) is 2.58.